The molecule has 68 heavy (non-hydrogen) atoms. The van der Waals surface area contributed by atoms with E-state index in [0.717, 1.165) is 40.9 Å². The Morgan fingerprint density at radius 3 is 2.34 bits per heavy atom. The normalized spacial score (nSPS) is 23.0. The lowest BCUT2D eigenvalue weighted by Crippen LogP contribution is -2.53. The highest BCUT2D eigenvalue weighted by Gasteiger charge is 2.74. The molecule has 2 amide bonds. The first-order valence-corrected chi connectivity index (χ1v) is 22.8. The number of nitrogens with zero attached hydrogens (tertiary/aromatic N) is 5. The summed E-state index contributed by atoms with van der Waals surface area (Å²) >= 11 is 0. The number of carbonyl (C=O) groups excluding carboxylic acids is 3. The van der Waals surface area contributed by atoms with Crippen molar-refractivity contribution in [3.63, 3.8) is 0 Å². The zero-order valence-corrected chi connectivity index (χ0v) is 36.9. The summed E-state index contributed by atoms with van der Waals surface area (Å²) in [6, 6.07) is 44.3. The molecule has 3 N–H and O–H groups in total. The molecule has 14 nitrogen and oxygen atoms in total. The zero-order valence-electron chi connectivity index (χ0n) is 36.9. The molecule has 6 aromatic carbocycles. The summed E-state index contributed by atoms with van der Waals surface area (Å²) in [5.74, 6) is 3.89. The summed E-state index contributed by atoms with van der Waals surface area (Å²) < 4.78 is 20.2. The van der Waals surface area contributed by atoms with Gasteiger partial charge in [-0.15, -0.1) is 5.10 Å². The molecule has 14 heteroatoms. The molecule has 0 aliphatic carbocycles. The number of benzene rings is 6. The number of aliphatic hydroxyl groups excluding tert-OH is 1. The van der Waals surface area contributed by atoms with Gasteiger partial charge in [-0.1, -0.05) is 108 Å². The molecule has 0 bridgehead atoms. The number of aliphatic hydroxyl groups is 1. The molecule has 5 heterocycles. The SMILES string of the molecule is O=C1O[C@H](c2ccccc2)[C@H](c2ccccc2)N2[C@H]1[C@@H](C(=O)Nc1ccc(N3CCOCC3)cc1)[C@]1(C(=O)Nc3ccc(C#CCn4nnc5ccccc54)cc31)[C@H]2c1ccccc1OCCO. The Balaban J connectivity index is 1.12. The van der Waals surface area contributed by atoms with Crippen molar-refractivity contribution >= 4 is 45.9 Å². The predicted molar refractivity (Wildman–Crippen MR) is 255 cm³/mol. The van der Waals surface area contributed by atoms with Crippen molar-refractivity contribution in [3.8, 4) is 17.6 Å². The zero-order chi connectivity index (χ0) is 46.2. The molecule has 6 atom stereocenters. The van der Waals surface area contributed by atoms with Gasteiger partial charge >= 0.3 is 5.97 Å². The number of para-hydroxylation sites is 2. The first-order chi connectivity index (χ1) is 33.4. The third-order valence-corrected chi connectivity index (χ3v) is 13.5. The van der Waals surface area contributed by atoms with Crippen molar-refractivity contribution in [1.29, 1.82) is 0 Å². The van der Waals surface area contributed by atoms with Crippen molar-refractivity contribution in [3.05, 3.63) is 179 Å². The molecule has 0 radical (unpaired) electrons. The molecule has 0 saturated carbocycles. The molecule has 7 aromatic rings. The van der Waals surface area contributed by atoms with E-state index in [1.807, 2.05) is 144 Å². The van der Waals surface area contributed by atoms with Crippen LogP contribution in [0.2, 0.25) is 0 Å². The highest BCUT2D eigenvalue weighted by molar-refractivity contribution is 6.13. The minimum atomic E-state index is -1.80. The van der Waals surface area contributed by atoms with E-state index in [1.165, 1.54) is 0 Å². The topological polar surface area (TPSA) is 160 Å². The molecule has 4 aliphatic heterocycles. The number of morpholine rings is 2. The van der Waals surface area contributed by atoms with Crippen molar-refractivity contribution in [2.45, 2.75) is 36.2 Å². The molecule has 3 fully saturated rings. The summed E-state index contributed by atoms with van der Waals surface area (Å²) in [7, 11) is 0. The second-order valence-corrected chi connectivity index (χ2v) is 17.3. The van der Waals surface area contributed by atoms with E-state index >= 15 is 14.4 Å². The van der Waals surface area contributed by atoms with Crippen LogP contribution in [0.15, 0.2) is 152 Å². The number of carbonyl (C=O) groups is 3. The number of anilines is 3. The van der Waals surface area contributed by atoms with E-state index in [9.17, 15) is 5.11 Å². The number of nitrogens with one attached hydrogen (secondary N) is 2. The lowest BCUT2D eigenvalue weighted by Gasteiger charge is -2.46. The van der Waals surface area contributed by atoms with E-state index in [-0.39, 0.29) is 19.8 Å². The molecular formula is C54H47N7O7. The van der Waals surface area contributed by atoms with Crippen LogP contribution in [-0.4, -0.2) is 88.3 Å². The maximum absolute atomic E-state index is 15.8. The van der Waals surface area contributed by atoms with Gasteiger partial charge in [-0.3, -0.25) is 19.3 Å². The van der Waals surface area contributed by atoms with Gasteiger partial charge in [0.25, 0.3) is 0 Å². The number of amides is 2. The lowest BCUT2D eigenvalue weighted by molar-refractivity contribution is -0.177. The largest absolute Gasteiger partial charge is 0.491 e. The first kappa shape index (κ1) is 42.8. The Hall–Kier alpha value is -7.83. The fourth-order valence-electron chi connectivity index (χ4n) is 10.7. The fourth-order valence-corrected chi connectivity index (χ4v) is 10.7. The Kier molecular flexibility index (Phi) is 11.4. The van der Waals surface area contributed by atoms with Gasteiger partial charge < -0.3 is 34.9 Å². The number of ether oxygens (including phenoxy) is 3. The maximum Gasteiger partial charge on any atom is 0.324 e. The first-order valence-electron chi connectivity index (χ1n) is 22.8. The molecular weight excluding hydrogens is 859 g/mol. The van der Waals surface area contributed by atoms with Gasteiger partial charge in [0, 0.05) is 41.3 Å². The summed E-state index contributed by atoms with van der Waals surface area (Å²) in [6.45, 7) is 2.67. The summed E-state index contributed by atoms with van der Waals surface area (Å²) in [5.41, 5.74) is 4.95. The van der Waals surface area contributed by atoms with Crippen LogP contribution >= 0.6 is 0 Å². The van der Waals surface area contributed by atoms with Crippen LogP contribution in [0.4, 0.5) is 17.1 Å². The number of cyclic esters (lactones) is 1. The van der Waals surface area contributed by atoms with Crippen molar-refractivity contribution in [2.75, 3.05) is 55.1 Å². The molecule has 11 rings (SSSR count). The Labute approximate surface area is 392 Å². The minimum absolute atomic E-state index is 0.0368. The number of rotatable bonds is 10. The average Bonchev–Trinajstić information content (AvgIpc) is 4.04. The second kappa shape index (κ2) is 18.1. The maximum atomic E-state index is 15.8. The number of esters is 1. The summed E-state index contributed by atoms with van der Waals surface area (Å²) in [5, 5.41) is 25.0. The second-order valence-electron chi connectivity index (χ2n) is 17.3. The van der Waals surface area contributed by atoms with Crippen LogP contribution in [-0.2, 0) is 35.8 Å². The van der Waals surface area contributed by atoms with E-state index in [4.69, 9.17) is 14.2 Å². The average molecular weight is 906 g/mol. The smallest absolute Gasteiger partial charge is 0.324 e. The van der Waals surface area contributed by atoms with E-state index in [2.05, 4.69) is 37.7 Å². The standard InChI is InChI=1S/C54H47N7O7/c62-30-33-67-45-20-10-7-17-40(45)50-54(41-34-35(21-26-42(41)56-53(54)65)12-11-27-60-44-19-9-8-18-43(44)57-58-60)46(51(63)55-38-22-24-39(25-23-38)59-28-31-66-32-29-59)48-52(64)68-49(37-15-5-2-6-16-37)47(61(48)50)36-13-3-1-4-14-36/h1-10,13-26,34,46-50,62H,27-33H2,(H,55,63)(H,56,65)/t46-,47-,48-,49+,50+,54-/m0/s1. The Morgan fingerprint density at radius 1 is 0.838 bits per heavy atom. The van der Waals surface area contributed by atoms with Crippen LogP contribution in [0.3, 0.4) is 0 Å². The van der Waals surface area contributed by atoms with Crippen molar-refractivity contribution < 1.29 is 33.7 Å². The minimum Gasteiger partial charge on any atom is -0.491 e. The van der Waals surface area contributed by atoms with Crippen molar-refractivity contribution in [1.82, 2.24) is 19.9 Å². The number of aromatic nitrogens is 3. The molecule has 1 spiro atoms. The van der Waals surface area contributed by atoms with E-state index in [1.54, 1.807) is 16.8 Å². The third kappa shape index (κ3) is 7.41. The monoisotopic (exact) mass is 905 g/mol. The van der Waals surface area contributed by atoms with Crippen LogP contribution in [0.25, 0.3) is 11.0 Å². The van der Waals surface area contributed by atoms with Crippen LogP contribution in [0.1, 0.15) is 46.0 Å². The molecule has 0 unspecified atom stereocenters. The fraction of sp³-hybridized carbons (Fsp3) is 0.241. The van der Waals surface area contributed by atoms with Gasteiger partial charge in [-0.25, -0.2) is 4.68 Å². The van der Waals surface area contributed by atoms with Gasteiger partial charge in [0.15, 0.2) is 0 Å². The number of fused-ring (bicyclic) bond motifs is 4. The number of hydrogen-bond donors (Lipinski definition) is 3. The molecule has 4 aliphatic rings. The van der Waals surface area contributed by atoms with Gasteiger partial charge in [-0.05, 0) is 77.4 Å². The van der Waals surface area contributed by atoms with Gasteiger partial charge in [0.1, 0.15) is 42.0 Å². The third-order valence-electron chi connectivity index (χ3n) is 13.5. The molecule has 340 valence electrons. The summed E-state index contributed by atoms with van der Waals surface area (Å²) in [6.07, 6.45) is -0.851. The van der Waals surface area contributed by atoms with Crippen LogP contribution < -0.4 is 20.3 Å². The highest BCUT2D eigenvalue weighted by Crippen LogP contribution is 2.65. The Morgan fingerprint density at radius 2 is 1.56 bits per heavy atom. The van der Waals surface area contributed by atoms with Crippen LogP contribution in [0.5, 0.6) is 5.75 Å². The molecule has 1 aromatic heterocycles. The van der Waals surface area contributed by atoms with Crippen LogP contribution in [0, 0.1) is 17.8 Å². The van der Waals surface area contributed by atoms with Crippen molar-refractivity contribution in [2.24, 2.45) is 5.92 Å². The summed E-state index contributed by atoms with van der Waals surface area (Å²) in [4.78, 5) is 51.1. The predicted octanol–water partition coefficient (Wildman–Crippen LogP) is 6.60. The number of hydrogen-bond acceptors (Lipinski definition) is 11. The van der Waals surface area contributed by atoms with Gasteiger partial charge in [-0.2, -0.15) is 0 Å². The molecule has 3 saturated heterocycles. The quantitative estimate of drug-likeness (QED) is 0.100. The van der Waals surface area contributed by atoms with Gasteiger partial charge in [0.05, 0.1) is 43.3 Å². The Bertz CT molecular complexity index is 3080. The lowest BCUT2D eigenvalue weighted by atomic mass is 9.65. The highest BCUT2D eigenvalue weighted by atomic mass is 16.6. The van der Waals surface area contributed by atoms with E-state index < -0.39 is 53.3 Å². The van der Waals surface area contributed by atoms with E-state index in [0.29, 0.717) is 47.0 Å². The van der Waals surface area contributed by atoms with Gasteiger partial charge in [0.2, 0.25) is 11.8 Å².